The molecule has 3 heterocycles. The van der Waals surface area contributed by atoms with E-state index in [9.17, 15) is 0 Å². The molecule has 1 atom stereocenters. The van der Waals surface area contributed by atoms with Crippen molar-refractivity contribution in [2.75, 3.05) is 4.90 Å². The first-order chi connectivity index (χ1) is 20.3. The van der Waals surface area contributed by atoms with Crippen molar-refractivity contribution in [1.82, 2.24) is 4.57 Å². The van der Waals surface area contributed by atoms with Gasteiger partial charge < -0.3 is 9.47 Å². The maximum absolute atomic E-state index is 2.65. The molecule has 0 amide bonds. The lowest BCUT2D eigenvalue weighted by Crippen LogP contribution is -2.22. The number of fused-ring (bicyclic) bond motifs is 9. The molecule has 0 aliphatic carbocycles. The van der Waals surface area contributed by atoms with Gasteiger partial charge in [0.2, 0.25) is 0 Å². The molecule has 2 aliphatic heterocycles. The molecule has 2 heteroatoms. The lowest BCUT2D eigenvalue weighted by atomic mass is 9.93. The van der Waals surface area contributed by atoms with E-state index in [0.29, 0.717) is 6.04 Å². The first kappa shape index (κ1) is 22.7. The van der Waals surface area contributed by atoms with Crippen LogP contribution in [0.4, 0.5) is 11.4 Å². The van der Waals surface area contributed by atoms with Crippen LogP contribution in [0.2, 0.25) is 0 Å². The molecular weight excluding hydrogens is 496 g/mol. The van der Waals surface area contributed by atoms with Crippen molar-refractivity contribution in [2.45, 2.75) is 18.9 Å². The van der Waals surface area contributed by atoms with Gasteiger partial charge in [-0.25, -0.2) is 0 Å². The van der Waals surface area contributed by atoms with Gasteiger partial charge in [-0.1, -0.05) is 109 Å². The largest absolute Gasteiger partial charge is 0.336 e. The van der Waals surface area contributed by atoms with Crippen molar-refractivity contribution in [3.8, 4) is 27.9 Å². The Morgan fingerprint density at radius 1 is 0.512 bits per heavy atom. The number of hydrogen-bond donors (Lipinski definition) is 0. The third-order valence-corrected chi connectivity index (χ3v) is 9.09. The van der Waals surface area contributed by atoms with Crippen LogP contribution in [0.25, 0.3) is 49.7 Å². The highest BCUT2D eigenvalue weighted by Gasteiger charge is 2.39. The fraction of sp³-hybridized carbons (Fsp3) is 0.0769. The normalized spacial score (nSPS) is 15.3. The zero-order chi connectivity index (χ0) is 26.9. The standard InChI is InChI=1S/C39H28N2/c1-3-11-26(12-4-1)32-15-7-8-16-33(32)27-20-22-36-29(23-27)25-31-24-28-19-21-35-34-17-9-10-18-37(34)40(30-13-5-2-6-14-30)39(35)38(28)41(31)36/h1-23,31H,24-25H2. The van der Waals surface area contributed by atoms with Gasteiger partial charge in [-0.15, -0.1) is 0 Å². The second-order valence-corrected chi connectivity index (χ2v) is 11.3. The van der Waals surface area contributed by atoms with Crippen LogP contribution >= 0.6 is 0 Å². The molecule has 0 spiro atoms. The molecule has 1 aromatic heterocycles. The van der Waals surface area contributed by atoms with Crippen LogP contribution in [0.3, 0.4) is 0 Å². The summed E-state index contributed by atoms with van der Waals surface area (Å²) in [5, 5.41) is 2.63. The van der Waals surface area contributed by atoms with Crippen LogP contribution in [0.5, 0.6) is 0 Å². The minimum Gasteiger partial charge on any atom is -0.336 e. The Balaban J connectivity index is 1.23. The van der Waals surface area contributed by atoms with E-state index in [1.807, 2.05) is 0 Å². The van der Waals surface area contributed by atoms with Crippen LogP contribution in [0.1, 0.15) is 11.1 Å². The molecule has 1 unspecified atom stereocenters. The van der Waals surface area contributed by atoms with E-state index in [2.05, 4.69) is 149 Å². The van der Waals surface area contributed by atoms with Crippen molar-refractivity contribution in [1.29, 1.82) is 0 Å². The predicted molar refractivity (Wildman–Crippen MR) is 171 cm³/mol. The van der Waals surface area contributed by atoms with Crippen molar-refractivity contribution in [2.24, 2.45) is 0 Å². The smallest absolute Gasteiger partial charge is 0.0781 e. The number of nitrogens with zero attached hydrogens (tertiary/aromatic N) is 2. The fourth-order valence-electron chi connectivity index (χ4n) is 7.38. The van der Waals surface area contributed by atoms with Crippen LogP contribution in [-0.4, -0.2) is 10.6 Å². The van der Waals surface area contributed by atoms with Crippen molar-refractivity contribution in [3.05, 3.63) is 151 Å². The van der Waals surface area contributed by atoms with Gasteiger partial charge in [0.15, 0.2) is 0 Å². The summed E-state index contributed by atoms with van der Waals surface area (Å²) in [5.41, 5.74) is 14.6. The van der Waals surface area contributed by atoms with Crippen LogP contribution in [-0.2, 0) is 12.8 Å². The third-order valence-electron chi connectivity index (χ3n) is 9.09. The molecule has 2 nitrogen and oxygen atoms in total. The highest BCUT2D eigenvalue weighted by molar-refractivity contribution is 6.15. The number of anilines is 2. The van der Waals surface area contributed by atoms with Crippen LogP contribution < -0.4 is 4.90 Å². The van der Waals surface area contributed by atoms with E-state index >= 15 is 0 Å². The summed E-state index contributed by atoms with van der Waals surface area (Å²) in [6, 6.07) is 51.5. The SMILES string of the molecule is c1ccc(-c2ccccc2-c2ccc3c(c2)CC2Cc4ccc5c6ccccc6n(-c6ccccc6)c5c4N32)cc1. The molecule has 2 aliphatic rings. The Morgan fingerprint density at radius 3 is 2.02 bits per heavy atom. The van der Waals surface area contributed by atoms with Gasteiger partial charge >= 0.3 is 0 Å². The molecule has 0 fully saturated rings. The maximum Gasteiger partial charge on any atom is 0.0781 e. The van der Waals surface area contributed by atoms with Crippen LogP contribution in [0.15, 0.2) is 140 Å². The molecule has 0 radical (unpaired) electrons. The highest BCUT2D eigenvalue weighted by atomic mass is 15.2. The molecule has 0 N–H and O–H groups in total. The first-order valence-electron chi connectivity index (χ1n) is 14.5. The van der Waals surface area contributed by atoms with Crippen molar-refractivity contribution < 1.29 is 0 Å². The zero-order valence-electron chi connectivity index (χ0n) is 22.7. The summed E-state index contributed by atoms with van der Waals surface area (Å²) in [4.78, 5) is 2.65. The molecule has 7 aromatic rings. The fourth-order valence-corrected chi connectivity index (χ4v) is 7.38. The molecule has 9 rings (SSSR count). The summed E-state index contributed by atoms with van der Waals surface area (Å²) in [6.45, 7) is 0. The van der Waals surface area contributed by atoms with Gasteiger partial charge in [-0.05, 0) is 76.6 Å². The average molecular weight is 525 g/mol. The Morgan fingerprint density at radius 2 is 1.20 bits per heavy atom. The highest BCUT2D eigenvalue weighted by Crippen LogP contribution is 2.51. The summed E-state index contributed by atoms with van der Waals surface area (Å²) >= 11 is 0. The Labute approximate surface area is 239 Å². The van der Waals surface area contributed by atoms with E-state index in [0.717, 1.165) is 12.8 Å². The van der Waals surface area contributed by atoms with E-state index in [-0.39, 0.29) is 0 Å². The number of rotatable bonds is 3. The summed E-state index contributed by atoms with van der Waals surface area (Å²) in [7, 11) is 0. The van der Waals surface area contributed by atoms with Crippen molar-refractivity contribution >= 4 is 33.2 Å². The van der Waals surface area contributed by atoms with E-state index in [1.165, 1.54) is 72.2 Å². The average Bonchev–Trinajstić information content (AvgIpc) is 3.69. The van der Waals surface area contributed by atoms with Gasteiger partial charge in [-0.2, -0.15) is 0 Å². The second-order valence-electron chi connectivity index (χ2n) is 11.3. The van der Waals surface area contributed by atoms with Gasteiger partial charge in [0.05, 0.1) is 16.7 Å². The molecule has 6 aromatic carbocycles. The third kappa shape index (κ3) is 3.31. The monoisotopic (exact) mass is 524 g/mol. The lowest BCUT2D eigenvalue weighted by Gasteiger charge is -2.23. The minimum absolute atomic E-state index is 0.451. The lowest BCUT2D eigenvalue weighted by molar-refractivity contribution is 0.725. The quantitative estimate of drug-likeness (QED) is 0.223. The topological polar surface area (TPSA) is 8.17 Å². The maximum atomic E-state index is 2.65. The number of hydrogen-bond acceptors (Lipinski definition) is 1. The Bertz CT molecular complexity index is 2100. The number of para-hydroxylation sites is 2. The van der Waals surface area contributed by atoms with E-state index < -0.39 is 0 Å². The molecule has 0 saturated heterocycles. The van der Waals surface area contributed by atoms with Gasteiger partial charge in [0.25, 0.3) is 0 Å². The molecule has 0 saturated carbocycles. The Hall–Kier alpha value is -5.08. The summed E-state index contributed by atoms with van der Waals surface area (Å²) < 4.78 is 2.48. The first-order valence-corrected chi connectivity index (χ1v) is 14.5. The summed E-state index contributed by atoms with van der Waals surface area (Å²) in [5.74, 6) is 0. The molecule has 41 heavy (non-hydrogen) atoms. The summed E-state index contributed by atoms with van der Waals surface area (Å²) in [6.07, 6.45) is 2.14. The molecule has 0 bridgehead atoms. The van der Waals surface area contributed by atoms with Gasteiger partial charge in [-0.3, -0.25) is 0 Å². The second kappa shape index (κ2) is 8.71. The molecule has 194 valence electrons. The van der Waals surface area contributed by atoms with Crippen LogP contribution in [0, 0.1) is 0 Å². The number of aromatic nitrogens is 1. The number of benzene rings is 6. The van der Waals surface area contributed by atoms with Gasteiger partial charge in [0, 0.05) is 28.2 Å². The van der Waals surface area contributed by atoms with E-state index in [1.54, 1.807) is 0 Å². The van der Waals surface area contributed by atoms with Crippen molar-refractivity contribution in [3.63, 3.8) is 0 Å². The van der Waals surface area contributed by atoms with Gasteiger partial charge in [0.1, 0.15) is 0 Å². The minimum atomic E-state index is 0.451. The van der Waals surface area contributed by atoms with E-state index in [4.69, 9.17) is 0 Å². The zero-order valence-corrected chi connectivity index (χ0v) is 22.7. The Kier molecular flexibility index (Phi) is 4.82. The molecular formula is C39H28N2. The predicted octanol–water partition coefficient (Wildman–Crippen LogP) is 9.74.